The first-order valence-corrected chi connectivity index (χ1v) is 13.6. The lowest BCUT2D eigenvalue weighted by Crippen LogP contribution is -2.44. The first kappa shape index (κ1) is 28.6. The van der Waals surface area contributed by atoms with Crippen LogP contribution in [0.5, 0.6) is 0 Å². The van der Waals surface area contributed by atoms with Gasteiger partial charge in [0.05, 0.1) is 30.7 Å². The third kappa shape index (κ3) is 7.64. The van der Waals surface area contributed by atoms with Crippen LogP contribution in [0.15, 0.2) is 60.9 Å². The highest BCUT2D eigenvalue weighted by atomic mass is 19.4. The number of morpholine rings is 1. The summed E-state index contributed by atoms with van der Waals surface area (Å²) in [5.74, 6) is 5.64. The predicted molar refractivity (Wildman–Crippen MR) is 152 cm³/mol. The minimum Gasteiger partial charge on any atom is -0.378 e. The van der Waals surface area contributed by atoms with Crippen LogP contribution < -0.4 is 10.2 Å². The number of pyridine rings is 1. The Balaban J connectivity index is 1.28. The van der Waals surface area contributed by atoms with Gasteiger partial charge in [-0.3, -0.25) is 14.7 Å². The van der Waals surface area contributed by atoms with Crippen molar-refractivity contribution in [3.63, 3.8) is 0 Å². The highest BCUT2D eigenvalue weighted by molar-refractivity contribution is 6.04. The number of likely N-dealkylation sites (N-methyl/N-ethyl adjacent to an activating group) is 1. The maximum Gasteiger partial charge on any atom is 0.416 e. The largest absolute Gasteiger partial charge is 0.416 e. The Labute approximate surface area is 237 Å². The molecule has 0 bridgehead atoms. The van der Waals surface area contributed by atoms with Crippen LogP contribution in [-0.2, 0) is 17.5 Å². The van der Waals surface area contributed by atoms with Gasteiger partial charge in [-0.15, -0.1) is 0 Å². The van der Waals surface area contributed by atoms with E-state index < -0.39 is 17.6 Å². The minimum atomic E-state index is -4.54. The number of halogens is 3. The van der Waals surface area contributed by atoms with Gasteiger partial charge in [-0.05, 0) is 49.0 Å². The number of hydrogen-bond acceptors (Lipinski definition) is 6. The maximum absolute atomic E-state index is 13.9. The molecule has 41 heavy (non-hydrogen) atoms. The molecule has 2 aliphatic heterocycles. The topological polar surface area (TPSA) is 60.9 Å². The highest BCUT2D eigenvalue weighted by Crippen LogP contribution is 2.34. The molecule has 7 nitrogen and oxygen atoms in total. The summed E-state index contributed by atoms with van der Waals surface area (Å²) in [6, 6.07) is 12.7. The molecule has 3 heterocycles. The number of hydrogen-bond donors (Lipinski definition) is 1. The molecule has 5 rings (SSSR count). The van der Waals surface area contributed by atoms with Gasteiger partial charge >= 0.3 is 6.18 Å². The first-order chi connectivity index (χ1) is 19.7. The molecule has 0 radical (unpaired) electrons. The van der Waals surface area contributed by atoms with Crippen LogP contribution in [0.3, 0.4) is 0 Å². The van der Waals surface area contributed by atoms with Crippen molar-refractivity contribution >= 4 is 17.3 Å². The van der Waals surface area contributed by atoms with Crippen LogP contribution in [0.2, 0.25) is 0 Å². The lowest BCUT2D eigenvalue weighted by atomic mass is 10.0. The summed E-state index contributed by atoms with van der Waals surface area (Å²) in [4.78, 5) is 23.6. The molecule has 2 aromatic carbocycles. The molecule has 3 aromatic rings. The Hall–Kier alpha value is -3.91. The van der Waals surface area contributed by atoms with Gasteiger partial charge in [0.25, 0.3) is 5.91 Å². The molecule has 2 saturated heterocycles. The molecule has 0 saturated carbocycles. The van der Waals surface area contributed by atoms with Crippen LogP contribution in [0.1, 0.15) is 32.6 Å². The van der Waals surface area contributed by atoms with Gasteiger partial charge in [0.1, 0.15) is 0 Å². The Morgan fingerprint density at radius 3 is 2.46 bits per heavy atom. The Kier molecular flexibility index (Phi) is 8.88. The molecule has 1 aromatic heterocycles. The summed E-state index contributed by atoms with van der Waals surface area (Å²) in [6.07, 6.45) is -1.06. The summed E-state index contributed by atoms with van der Waals surface area (Å²) < 4.78 is 47.2. The number of anilines is 2. The molecule has 214 valence electrons. The number of amides is 1. The molecule has 1 N–H and O–H groups in total. The third-order valence-corrected chi connectivity index (χ3v) is 7.24. The number of carbonyl (C=O) groups is 1. The average Bonchev–Trinajstić information content (AvgIpc) is 2.98. The van der Waals surface area contributed by atoms with Crippen LogP contribution in [0.25, 0.3) is 0 Å². The Bertz CT molecular complexity index is 1440. The molecular formula is C31H32F3N5O2. The molecule has 2 aliphatic rings. The number of alkyl halides is 3. The number of carbonyl (C=O) groups excluding carboxylic acids is 1. The van der Waals surface area contributed by atoms with E-state index in [1.165, 1.54) is 12.1 Å². The standard InChI is InChI=1S/C31H32F3N5O2/c1-37-9-11-38(12-10-37)22-26-7-8-27(19-29(26)31(32,33)34)36-30(40)25-4-2-3-23(17-25)5-6-24-18-28(21-35-20-24)39-13-15-41-16-14-39/h2-4,7-8,17-21H,9-16,22H2,1H3,(H,36,40). The third-order valence-electron chi connectivity index (χ3n) is 7.24. The average molecular weight is 564 g/mol. The van der Waals surface area contributed by atoms with Crippen LogP contribution in [0, 0.1) is 11.8 Å². The van der Waals surface area contributed by atoms with Gasteiger partial charge in [-0.1, -0.05) is 24.0 Å². The van der Waals surface area contributed by atoms with E-state index in [9.17, 15) is 18.0 Å². The summed E-state index contributed by atoms with van der Waals surface area (Å²) >= 11 is 0. The second-order valence-corrected chi connectivity index (χ2v) is 10.3. The number of benzene rings is 2. The number of ether oxygens (including phenoxy) is 1. The van der Waals surface area contributed by atoms with Crippen molar-refractivity contribution in [2.45, 2.75) is 12.7 Å². The van der Waals surface area contributed by atoms with Crippen molar-refractivity contribution in [3.05, 3.63) is 88.7 Å². The fourth-order valence-electron chi connectivity index (χ4n) is 4.88. The monoisotopic (exact) mass is 563 g/mol. The molecule has 0 atom stereocenters. The van der Waals surface area contributed by atoms with E-state index in [4.69, 9.17) is 4.74 Å². The molecule has 1 amide bonds. The maximum atomic E-state index is 13.9. The zero-order valence-corrected chi connectivity index (χ0v) is 22.9. The second-order valence-electron chi connectivity index (χ2n) is 10.3. The number of aromatic nitrogens is 1. The SMILES string of the molecule is CN1CCN(Cc2ccc(NC(=O)c3cccc(C#Cc4cncc(N5CCOCC5)c4)c3)cc2C(F)(F)F)CC1. The van der Waals surface area contributed by atoms with E-state index in [0.717, 1.165) is 43.5 Å². The van der Waals surface area contributed by atoms with Gasteiger partial charge in [0.15, 0.2) is 0 Å². The number of nitrogens with one attached hydrogen (secondary N) is 1. The normalized spacial score (nSPS) is 16.6. The van der Waals surface area contributed by atoms with Gasteiger partial charge in [0.2, 0.25) is 0 Å². The Morgan fingerprint density at radius 2 is 1.71 bits per heavy atom. The van der Waals surface area contributed by atoms with E-state index in [1.54, 1.807) is 36.7 Å². The smallest absolute Gasteiger partial charge is 0.378 e. The van der Waals surface area contributed by atoms with Gasteiger partial charge < -0.3 is 19.9 Å². The van der Waals surface area contributed by atoms with Gasteiger partial charge in [0, 0.05) is 74.4 Å². The van der Waals surface area contributed by atoms with Gasteiger partial charge in [-0.2, -0.15) is 13.2 Å². The van der Waals surface area contributed by atoms with E-state index in [0.29, 0.717) is 37.4 Å². The van der Waals surface area contributed by atoms with E-state index in [2.05, 4.69) is 31.9 Å². The van der Waals surface area contributed by atoms with Crippen LogP contribution >= 0.6 is 0 Å². The van der Waals surface area contributed by atoms with Crippen LogP contribution in [0.4, 0.5) is 24.5 Å². The molecule has 0 aliphatic carbocycles. The van der Waals surface area contributed by atoms with Crippen molar-refractivity contribution in [1.82, 2.24) is 14.8 Å². The predicted octanol–water partition coefficient (Wildman–Crippen LogP) is 4.34. The minimum absolute atomic E-state index is 0.0898. The molecule has 0 unspecified atom stereocenters. The van der Waals surface area contributed by atoms with Crippen molar-refractivity contribution in [2.24, 2.45) is 0 Å². The number of rotatable bonds is 5. The lowest BCUT2D eigenvalue weighted by molar-refractivity contribution is -0.138. The summed E-state index contributed by atoms with van der Waals surface area (Å²) in [5.41, 5.74) is 2.17. The van der Waals surface area contributed by atoms with Crippen molar-refractivity contribution in [3.8, 4) is 11.8 Å². The second kappa shape index (κ2) is 12.7. The Morgan fingerprint density at radius 1 is 0.951 bits per heavy atom. The summed E-state index contributed by atoms with van der Waals surface area (Å²) in [7, 11) is 2.00. The fraction of sp³-hybridized carbons (Fsp3) is 0.355. The molecular weight excluding hydrogens is 531 g/mol. The highest BCUT2D eigenvalue weighted by Gasteiger charge is 2.34. The van der Waals surface area contributed by atoms with Crippen molar-refractivity contribution < 1.29 is 22.7 Å². The van der Waals surface area contributed by atoms with E-state index >= 15 is 0 Å². The van der Waals surface area contributed by atoms with Crippen molar-refractivity contribution in [2.75, 3.05) is 69.7 Å². The zero-order valence-electron chi connectivity index (χ0n) is 22.9. The number of nitrogens with zero attached hydrogens (tertiary/aromatic N) is 4. The molecule has 2 fully saturated rings. The quantitative estimate of drug-likeness (QED) is 0.467. The van der Waals surface area contributed by atoms with E-state index in [-0.39, 0.29) is 17.8 Å². The van der Waals surface area contributed by atoms with E-state index in [1.807, 2.05) is 18.0 Å². The molecule has 0 spiro atoms. The van der Waals surface area contributed by atoms with Crippen LogP contribution in [-0.4, -0.2) is 80.2 Å². The number of piperazine rings is 1. The zero-order chi connectivity index (χ0) is 28.8. The summed E-state index contributed by atoms with van der Waals surface area (Å²) in [6.45, 7) is 6.18. The molecule has 10 heteroatoms. The first-order valence-electron chi connectivity index (χ1n) is 13.6. The fourth-order valence-corrected chi connectivity index (χ4v) is 4.88. The summed E-state index contributed by atoms with van der Waals surface area (Å²) in [5, 5.41) is 2.62. The lowest BCUT2D eigenvalue weighted by Gasteiger charge is -2.33. The van der Waals surface area contributed by atoms with Gasteiger partial charge in [-0.25, -0.2) is 0 Å². The van der Waals surface area contributed by atoms with Crippen molar-refractivity contribution in [1.29, 1.82) is 0 Å².